The fourth-order valence-corrected chi connectivity index (χ4v) is 3.44. The molecule has 0 spiro atoms. The Morgan fingerprint density at radius 3 is 2.78 bits per heavy atom. The van der Waals surface area contributed by atoms with E-state index in [1.807, 2.05) is 16.7 Å². The van der Waals surface area contributed by atoms with Crippen LogP contribution in [0, 0.1) is 5.92 Å². The van der Waals surface area contributed by atoms with Crippen LogP contribution in [0.15, 0.2) is 0 Å². The molecule has 0 bridgehead atoms. The third-order valence-electron chi connectivity index (χ3n) is 3.62. The van der Waals surface area contributed by atoms with E-state index < -0.39 is 5.97 Å². The lowest BCUT2D eigenvalue weighted by atomic mass is 10.1. The highest BCUT2D eigenvalue weighted by Gasteiger charge is 2.31. The molecule has 1 saturated heterocycles. The standard InChI is InChI=1S/C12H20N2O3S/c15-11(16)9-2-3-10(8-9)13-12(17)14-4-1-6-18-7-5-14/h9-10H,1-8H2,(H,13,17)(H,15,16)/t9-,10+/m1/s1. The van der Waals surface area contributed by atoms with Gasteiger partial charge in [0, 0.05) is 24.9 Å². The van der Waals surface area contributed by atoms with E-state index in [4.69, 9.17) is 5.11 Å². The Kier molecular flexibility index (Phi) is 4.74. The van der Waals surface area contributed by atoms with Gasteiger partial charge < -0.3 is 15.3 Å². The topological polar surface area (TPSA) is 69.6 Å². The van der Waals surface area contributed by atoms with Gasteiger partial charge in [0.05, 0.1) is 5.92 Å². The molecule has 1 saturated carbocycles. The molecule has 0 aromatic carbocycles. The number of aliphatic carboxylic acids is 1. The van der Waals surface area contributed by atoms with Crippen molar-refractivity contribution in [3.05, 3.63) is 0 Å². The molecule has 2 rings (SSSR count). The van der Waals surface area contributed by atoms with E-state index in [-0.39, 0.29) is 18.0 Å². The van der Waals surface area contributed by atoms with Crippen LogP contribution in [0.4, 0.5) is 4.79 Å². The second-order valence-electron chi connectivity index (χ2n) is 4.95. The minimum atomic E-state index is -0.738. The van der Waals surface area contributed by atoms with Crippen molar-refractivity contribution in [3.63, 3.8) is 0 Å². The lowest BCUT2D eigenvalue weighted by molar-refractivity contribution is -0.141. The summed E-state index contributed by atoms with van der Waals surface area (Å²) in [6.07, 6.45) is 3.07. The Hall–Kier alpha value is -0.910. The van der Waals surface area contributed by atoms with E-state index in [9.17, 15) is 9.59 Å². The molecule has 1 aliphatic heterocycles. The number of nitrogens with zero attached hydrogens (tertiary/aromatic N) is 1. The molecule has 1 aliphatic carbocycles. The van der Waals surface area contributed by atoms with Crippen LogP contribution in [0.1, 0.15) is 25.7 Å². The number of carbonyl (C=O) groups is 2. The molecule has 0 unspecified atom stereocenters. The fraction of sp³-hybridized carbons (Fsp3) is 0.833. The maximum atomic E-state index is 12.0. The Morgan fingerprint density at radius 1 is 1.22 bits per heavy atom. The molecule has 2 N–H and O–H groups in total. The van der Waals surface area contributed by atoms with Crippen LogP contribution >= 0.6 is 11.8 Å². The summed E-state index contributed by atoms with van der Waals surface area (Å²) in [5.74, 6) is 1.09. The van der Waals surface area contributed by atoms with Gasteiger partial charge in [-0.3, -0.25) is 4.79 Å². The van der Waals surface area contributed by atoms with E-state index in [1.54, 1.807) is 0 Å². The number of hydrogen-bond donors (Lipinski definition) is 2. The van der Waals surface area contributed by atoms with Gasteiger partial charge in [0.2, 0.25) is 0 Å². The highest BCUT2D eigenvalue weighted by atomic mass is 32.2. The summed E-state index contributed by atoms with van der Waals surface area (Å²) >= 11 is 1.88. The Morgan fingerprint density at radius 2 is 2.06 bits per heavy atom. The number of carbonyl (C=O) groups excluding carboxylic acids is 1. The fourth-order valence-electron chi connectivity index (χ4n) is 2.55. The molecule has 6 heteroatoms. The van der Waals surface area contributed by atoms with Crippen LogP contribution in [-0.2, 0) is 4.79 Å². The number of rotatable bonds is 2. The van der Waals surface area contributed by atoms with Gasteiger partial charge in [0.1, 0.15) is 0 Å². The predicted molar refractivity (Wildman–Crippen MR) is 70.8 cm³/mol. The summed E-state index contributed by atoms with van der Waals surface area (Å²) in [4.78, 5) is 24.8. The van der Waals surface area contributed by atoms with E-state index in [0.717, 1.165) is 37.4 Å². The quantitative estimate of drug-likeness (QED) is 0.797. The second-order valence-corrected chi connectivity index (χ2v) is 6.17. The van der Waals surface area contributed by atoms with Gasteiger partial charge >= 0.3 is 12.0 Å². The lowest BCUT2D eigenvalue weighted by Gasteiger charge is -2.23. The molecule has 2 atom stereocenters. The van der Waals surface area contributed by atoms with Crippen LogP contribution in [0.5, 0.6) is 0 Å². The lowest BCUT2D eigenvalue weighted by Crippen LogP contribution is -2.45. The van der Waals surface area contributed by atoms with Crippen molar-refractivity contribution in [2.24, 2.45) is 5.92 Å². The average molecular weight is 272 g/mol. The van der Waals surface area contributed by atoms with Gasteiger partial charge in [-0.05, 0) is 31.4 Å². The van der Waals surface area contributed by atoms with Crippen molar-refractivity contribution in [2.75, 3.05) is 24.6 Å². The predicted octanol–water partition coefficient (Wildman–Crippen LogP) is 1.39. The van der Waals surface area contributed by atoms with Crippen LogP contribution < -0.4 is 5.32 Å². The first-order chi connectivity index (χ1) is 8.66. The van der Waals surface area contributed by atoms with Gasteiger partial charge in [-0.15, -0.1) is 0 Å². The van der Waals surface area contributed by atoms with Crippen LogP contribution in [0.25, 0.3) is 0 Å². The van der Waals surface area contributed by atoms with Crippen molar-refractivity contribution in [1.29, 1.82) is 0 Å². The van der Waals surface area contributed by atoms with Gasteiger partial charge in [0.25, 0.3) is 0 Å². The first kappa shape index (κ1) is 13.5. The Bertz CT molecular complexity index is 316. The summed E-state index contributed by atoms with van der Waals surface area (Å²) in [5.41, 5.74) is 0. The van der Waals surface area contributed by atoms with Crippen molar-refractivity contribution < 1.29 is 14.7 Å². The van der Waals surface area contributed by atoms with Gasteiger partial charge in [-0.2, -0.15) is 11.8 Å². The molecular formula is C12H20N2O3S. The highest BCUT2D eigenvalue weighted by Crippen LogP contribution is 2.25. The van der Waals surface area contributed by atoms with Crippen molar-refractivity contribution in [1.82, 2.24) is 10.2 Å². The molecule has 2 fully saturated rings. The van der Waals surface area contributed by atoms with Crippen LogP contribution in [-0.4, -0.2) is 52.6 Å². The number of urea groups is 1. The Balaban J connectivity index is 1.78. The first-order valence-electron chi connectivity index (χ1n) is 6.53. The van der Waals surface area contributed by atoms with E-state index in [0.29, 0.717) is 12.8 Å². The normalized spacial score (nSPS) is 28.8. The zero-order valence-electron chi connectivity index (χ0n) is 10.4. The number of hydrogen-bond acceptors (Lipinski definition) is 3. The second kappa shape index (κ2) is 6.31. The summed E-state index contributed by atoms with van der Waals surface area (Å²) in [7, 11) is 0. The van der Waals surface area contributed by atoms with Gasteiger partial charge in [-0.1, -0.05) is 0 Å². The molecule has 2 aliphatic rings. The van der Waals surface area contributed by atoms with Gasteiger partial charge in [0.15, 0.2) is 0 Å². The van der Waals surface area contributed by atoms with Crippen molar-refractivity contribution >= 4 is 23.8 Å². The van der Waals surface area contributed by atoms with E-state index in [2.05, 4.69) is 5.32 Å². The molecule has 2 amide bonds. The highest BCUT2D eigenvalue weighted by molar-refractivity contribution is 7.99. The number of carboxylic acids is 1. The van der Waals surface area contributed by atoms with Crippen molar-refractivity contribution in [2.45, 2.75) is 31.7 Å². The number of amides is 2. The molecule has 5 nitrogen and oxygen atoms in total. The third-order valence-corrected chi connectivity index (χ3v) is 4.67. The minimum Gasteiger partial charge on any atom is -0.481 e. The first-order valence-corrected chi connectivity index (χ1v) is 7.68. The zero-order chi connectivity index (χ0) is 13.0. The largest absolute Gasteiger partial charge is 0.481 e. The summed E-state index contributed by atoms with van der Waals surface area (Å²) in [5, 5.41) is 11.9. The van der Waals surface area contributed by atoms with Gasteiger partial charge in [-0.25, -0.2) is 4.79 Å². The molecular weight excluding hydrogens is 252 g/mol. The summed E-state index contributed by atoms with van der Waals surface area (Å²) in [6, 6.07) is 0.0167. The minimum absolute atomic E-state index is 0.0199. The monoisotopic (exact) mass is 272 g/mol. The maximum absolute atomic E-state index is 12.0. The number of nitrogens with one attached hydrogen (secondary N) is 1. The van der Waals surface area contributed by atoms with Crippen LogP contribution in [0.3, 0.4) is 0 Å². The summed E-state index contributed by atoms with van der Waals surface area (Å²) in [6.45, 7) is 1.61. The molecule has 0 radical (unpaired) electrons. The zero-order valence-corrected chi connectivity index (χ0v) is 11.2. The smallest absolute Gasteiger partial charge is 0.317 e. The third kappa shape index (κ3) is 3.54. The molecule has 0 aromatic heterocycles. The molecule has 1 heterocycles. The molecule has 102 valence electrons. The average Bonchev–Trinajstić information content (AvgIpc) is 2.64. The Labute approximate surface area is 111 Å². The maximum Gasteiger partial charge on any atom is 0.317 e. The van der Waals surface area contributed by atoms with E-state index in [1.165, 1.54) is 0 Å². The SMILES string of the molecule is O=C(O)[C@@H]1CC[C@H](NC(=O)N2CCCSCC2)C1. The van der Waals surface area contributed by atoms with Crippen molar-refractivity contribution in [3.8, 4) is 0 Å². The molecule has 18 heavy (non-hydrogen) atoms. The van der Waals surface area contributed by atoms with Crippen LogP contribution in [0.2, 0.25) is 0 Å². The summed E-state index contributed by atoms with van der Waals surface area (Å²) < 4.78 is 0. The van der Waals surface area contributed by atoms with E-state index >= 15 is 0 Å². The molecule has 0 aromatic rings. The number of thioether (sulfide) groups is 1. The number of carboxylic acid groups (broad SMARTS) is 1.